The van der Waals surface area contributed by atoms with E-state index in [-0.39, 0.29) is 11.7 Å². The summed E-state index contributed by atoms with van der Waals surface area (Å²) in [6.07, 6.45) is -0.266. The Bertz CT molecular complexity index is 759. The lowest BCUT2D eigenvalue weighted by molar-refractivity contribution is -0.122. The maximum absolute atomic E-state index is 12.2. The van der Waals surface area contributed by atoms with Gasteiger partial charge in [-0.3, -0.25) is 9.59 Å². The average molecular weight is 362 g/mol. The van der Waals surface area contributed by atoms with Crippen LogP contribution in [0, 0.1) is 0 Å². The van der Waals surface area contributed by atoms with E-state index < -0.39 is 6.10 Å². The highest BCUT2D eigenvalue weighted by Crippen LogP contribution is 2.27. The van der Waals surface area contributed by atoms with Gasteiger partial charge in [-0.2, -0.15) is 0 Å². The van der Waals surface area contributed by atoms with Gasteiger partial charge in [0.05, 0.1) is 12.1 Å². The van der Waals surface area contributed by atoms with Crippen molar-refractivity contribution in [1.82, 2.24) is 0 Å². The predicted octanol–water partition coefficient (Wildman–Crippen LogP) is 4.35. The molecule has 0 bridgehead atoms. The Morgan fingerprint density at radius 3 is 2.40 bits per heavy atom. The van der Waals surface area contributed by atoms with Crippen LogP contribution in [0.5, 0.6) is 11.5 Å². The molecule has 0 heterocycles. The van der Waals surface area contributed by atoms with Gasteiger partial charge in [-0.05, 0) is 49.4 Å². The lowest BCUT2D eigenvalue weighted by Crippen LogP contribution is -2.30. The van der Waals surface area contributed by atoms with Gasteiger partial charge in [0.2, 0.25) is 0 Å². The van der Waals surface area contributed by atoms with Crippen molar-refractivity contribution in [3.05, 3.63) is 53.1 Å². The molecule has 1 amide bonds. The van der Waals surface area contributed by atoms with Crippen molar-refractivity contribution in [2.75, 3.05) is 12.4 Å². The zero-order valence-electron chi connectivity index (χ0n) is 14.3. The molecule has 2 aromatic rings. The van der Waals surface area contributed by atoms with Crippen LogP contribution in [-0.2, 0) is 4.79 Å². The summed E-state index contributed by atoms with van der Waals surface area (Å²) in [5, 5.41) is 3.14. The van der Waals surface area contributed by atoms with Crippen LogP contribution in [0.25, 0.3) is 0 Å². The number of hydrogen-bond donors (Lipinski definition) is 1. The largest absolute Gasteiger partial charge is 0.495 e. The van der Waals surface area contributed by atoms with Gasteiger partial charge >= 0.3 is 0 Å². The molecule has 132 valence electrons. The molecule has 25 heavy (non-hydrogen) atoms. The van der Waals surface area contributed by atoms with E-state index in [9.17, 15) is 9.59 Å². The molecule has 0 spiro atoms. The summed E-state index contributed by atoms with van der Waals surface area (Å²) in [5.41, 5.74) is 1.18. The molecule has 0 unspecified atom stereocenters. The number of amides is 1. The summed E-state index contributed by atoms with van der Waals surface area (Å²) in [7, 11) is 1.52. The molecular weight excluding hydrogens is 342 g/mol. The Kier molecular flexibility index (Phi) is 6.42. The van der Waals surface area contributed by atoms with Crippen LogP contribution in [0.4, 0.5) is 5.69 Å². The second kappa shape index (κ2) is 8.53. The van der Waals surface area contributed by atoms with Gasteiger partial charge in [-0.1, -0.05) is 18.5 Å². The molecule has 0 fully saturated rings. The average Bonchev–Trinajstić information content (AvgIpc) is 2.61. The number of benzene rings is 2. The molecule has 1 atom stereocenters. The number of ether oxygens (including phenoxy) is 2. The molecule has 0 aromatic heterocycles. The van der Waals surface area contributed by atoms with Crippen molar-refractivity contribution < 1.29 is 19.1 Å². The van der Waals surface area contributed by atoms with E-state index in [0.717, 1.165) is 0 Å². The molecule has 0 saturated carbocycles. The Morgan fingerprint density at radius 1 is 1.16 bits per heavy atom. The summed E-state index contributed by atoms with van der Waals surface area (Å²) < 4.78 is 10.7. The molecule has 0 saturated heterocycles. The molecule has 0 aliphatic heterocycles. The Labute approximate surface area is 151 Å². The summed E-state index contributed by atoms with van der Waals surface area (Å²) in [4.78, 5) is 23.8. The van der Waals surface area contributed by atoms with Crippen molar-refractivity contribution >= 4 is 29.0 Å². The number of carbonyl (C=O) groups is 2. The first-order chi connectivity index (χ1) is 11.9. The Hall–Kier alpha value is -2.53. The molecule has 0 aliphatic carbocycles. The van der Waals surface area contributed by atoms with E-state index in [1.54, 1.807) is 49.4 Å². The molecule has 6 heteroatoms. The van der Waals surface area contributed by atoms with E-state index in [1.807, 2.05) is 6.92 Å². The third-order valence-corrected chi connectivity index (χ3v) is 3.89. The first-order valence-corrected chi connectivity index (χ1v) is 8.26. The summed E-state index contributed by atoms with van der Waals surface area (Å²) in [5.74, 6) is 0.803. The first-order valence-electron chi connectivity index (χ1n) is 7.89. The lowest BCUT2D eigenvalue weighted by Gasteiger charge is -2.15. The number of methoxy groups -OCH3 is 1. The van der Waals surface area contributed by atoms with Gasteiger partial charge in [0, 0.05) is 17.7 Å². The number of hydrogen-bond acceptors (Lipinski definition) is 4. The van der Waals surface area contributed by atoms with Crippen LogP contribution < -0.4 is 14.8 Å². The third-order valence-electron chi connectivity index (χ3n) is 3.60. The number of halogens is 1. The summed E-state index contributed by atoms with van der Waals surface area (Å²) >= 11 is 6.04. The number of carbonyl (C=O) groups excluding carboxylic acids is 2. The van der Waals surface area contributed by atoms with Crippen molar-refractivity contribution in [2.45, 2.75) is 26.4 Å². The molecule has 0 radical (unpaired) electrons. The molecular formula is C19H20ClNO4. The lowest BCUT2D eigenvalue weighted by atomic mass is 10.1. The fraction of sp³-hybridized carbons (Fsp3) is 0.263. The second-order valence-electron chi connectivity index (χ2n) is 5.40. The van der Waals surface area contributed by atoms with Gasteiger partial charge in [0.25, 0.3) is 5.91 Å². The maximum Gasteiger partial charge on any atom is 0.265 e. The number of rotatable bonds is 7. The van der Waals surface area contributed by atoms with Crippen LogP contribution in [0.2, 0.25) is 5.02 Å². The predicted molar refractivity (Wildman–Crippen MR) is 97.8 cm³/mol. The minimum atomic E-state index is -0.714. The van der Waals surface area contributed by atoms with Crippen molar-refractivity contribution in [2.24, 2.45) is 0 Å². The monoisotopic (exact) mass is 361 g/mol. The van der Waals surface area contributed by atoms with E-state index in [1.165, 1.54) is 7.11 Å². The highest BCUT2D eigenvalue weighted by molar-refractivity contribution is 6.32. The van der Waals surface area contributed by atoms with Crippen LogP contribution >= 0.6 is 11.6 Å². The summed E-state index contributed by atoms with van der Waals surface area (Å²) in [6.45, 7) is 3.45. The molecule has 2 aromatic carbocycles. The van der Waals surface area contributed by atoms with E-state index in [2.05, 4.69) is 5.32 Å². The van der Waals surface area contributed by atoms with Gasteiger partial charge in [-0.25, -0.2) is 0 Å². The standard InChI is InChI=1S/C19H20ClNO4/c1-4-17(22)13-5-8-15(9-6-13)25-12(2)19(23)21-14-7-10-18(24-3)16(20)11-14/h5-12H,4H2,1-3H3,(H,21,23)/t12-/m0/s1. The third kappa shape index (κ3) is 4.97. The van der Waals surface area contributed by atoms with Gasteiger partial charge in [-0.15, -0.1) is 0 Å². The quantitative estimate of drug-likeness (QED) is 0.745. The number of anilines is 1. The molecule has 0 aliphatic rings. The number of nitrogens with one attached hydrogen (secondary N) is 1. The van der Waals surface area contributed by atoms with Crippen LogP contribution in [0.15, 0.2) is 42.5 Å². The van der Waals surface area contributed by atoms with E-state index in [4.69, 9.17) is 21.1 Å². The zero-order chi connectivity index (χ0) is 18.4. The Balaban J connectivity index is 1.98. The van der Waals surface area contributed by atoms with E-state index >= 15 is 0 Å². The second-order valence-corrected chi connectivity index (χ2v) is 5.81. The van der Waals surface area contributed by atoms with Crippen LogP contribution in [-0.4, -0.2) is 24.9 Å². The topological polar surface area (TPSA) is 64.6 Å². The summed E-state index contributed by atoms with van der Waals surface area (Å²) in [6, 6.07) is 11.7. The van der Waals surface area contributed by atoms with E-state index in [0.29, 0.717) is 34.2 Å². The Morgan fingerprint density at radius 2 is 1.84 bits per heavy atom. The normalized spacial score (nSPS) is 11.5. The zero-order valence-corrected chi connectivity index (χ0v) is 15.1. The van der Waals surface area contributed by atoms with Crippen LogP contribution in [0.1, 0.15) is 30.6 Å². The van der Waals surface area contributed by atoms with Crippen molar-refractivity contribution in [3.8, 4) is 11.5 Å². The van der Waals surface area contributed by atoms with Crippen LogP contribution in [0.3, 0.4) is 0 Å². The SMILES string of the molecule is CCC(=O)c1ccc(O[C@@H](C)C(=O)Nc2ccc(OC)c(Cl)c2)cc1. The number of Topliss-reactive ketones (excluding diaryl/α,β-unsaturated/α-hetero) is 1. The fourth-order valence-corrected chi connectivity index (χ4v) is 2.43. The smallest absolute Gasteiger partial charge is 0.265 e. The maximum atomic E-state index is 12.2. The van der Waals surface area contributed by atoms with Gasteiger partial charge in [0.15, 0.2) is 11.9 Å². The van der Waals surface area contributed by atoms with Crippen molar-refractivity contribution in [1.29, 1.82) is 0 Å². The fourth-order valence-electron chi connectivity index (χ4n) is 2.17. The first kappa shape index (κ1) is 18.8. The van der Waals surface area contributed by atoms with Gasteiger partial charge < -0.3 is 14.8 Å². The van der Waals surface area contributed by atoms with Crippen molar-refractivity contribution in [3.63, 3.8) is 0 Å². The molecule has 5 nitrogen and oxygen atoms in total. The molecule has 1 N–H and O–H groups in total. The highest BCUT2D eigenvalue weighted by atomic mass is 35.5. The molecule has 2 rings (SSSR count). The minimum absolute atomic E-state index is 0.0636. The van der Waals surface area contributed by atoms with Gasteiger partial charge in [0.1, 0.15) is 11.5 Å². The minimum Gasteiger partial charge on any atom is -0.495 e. The highest BCUT2D eigenvalue weighted by Gasteiger charge is 2.16. The number of ketones is 1.